The van der Waals surface area contributed by atoms with Gasteiger partial charge in [-0.15, -0.1) is 0 Å². The van der Waals surface area contributed by atoms with Gasteiger partial charge in [0.05, 0.1) is 7.11 Å². The van der Waals surface area contributed by atoms with Crippen LogP contribution in [0, 0.1) is 0 Å². The zero-order valence-electron chi connectivity index (χ0n) is 11.4. The van der Waals surface area contributed by atoms with Crippen molar-refractivity contribution in [2.45, 2.75) is 39.2 Å². The van der Waals surface area contributed by atoms with Crippen LogP contribution in [0.3, 0.4) is 0 Å². The van der Waals surface area contributed by atoms with Crippen LogP contribution in [0.2, 0.25) is 0 Å². The van der Waals surface area contributed by atoms with Crippen LogP contribution in [0.25, 0.3) is 0 Å². The summed E-state index contributed by atoms with van der Waals surface area (Å²) >= 11 is 0. The van der Waals surface area contributed by atoms with Gasteiger partial charge in [0.2, 0.25) is 11.7 Å². The van der Waals surface area contributed by atoms with E-state index in [1.54, 1.807) is 0 Å². The molecule has 0 bridgehead atoms. The summed E-state index contributed by atoms with van der Waals surface area (Å²) in [6, 6.07) is 0. The fourth-order valence-electron chi connectivity index (χ4n) is 1.96. The first-order valence-electron chi connectivity index (χ1n) is 6.18. The lowest BCUT2D eigenvalue weighted by Gasteiger charge is -2.29. The van der Waals surface area contributed by atoms with Gasteiger partial charge >= 0.3 is 0 Å². The largest absolute Gasteiger partial charge is 0.479 e. The lowest BCUT2D eigenvalue weighted by atomic mass is 9.90. The van der Waals surface area contributed by atoms with Crippen LogP contribution in [0.1, 0.15) is 44.1 Å². The van der Waals surface area contributed by atoms with E-state index >= 15 is 0 Å². The third-order valence-electron chi connectivity index (χ3n) is 3.05. The van der Waals surface area contributed by atoms with Gasteiger partial charge in [-0.3, -0.25) is 4.79 Å². The molecule has 0 N–H and O–H groups in total. The minimum absolute atomic E-state index is 0.167. The van der Waals surface area contributed by atoms with Crippen molar-refractivity contribution < 1.29 is 14.3 Å². The number of methoxy groups -OCH3 is 1. The molecule has 5 nitrogen and oxygen atoms in total. The molecule has 18 heavy (non-hydrogen) atoms. The molecule has 0 amide bonds. The maximum Gasteiger partial charge on any atom is 0.243 e. The topological polar surface area (TPSA) is 61.3 Å². The summed E-state index contributed by atoms with van der Waals surface area (Å²) < 4.78 is 10.7. The second-order valence-corrected chi connectivity index (χ2v) is 3.88. The van der Waals surface area contributed by atoms with Crippen molar-refractivity contribution in [3.63, 3.8) is 0 Å². The second kappa shape index (κ2) is 6.44. The molecular weight excluding hydrogens is 232 g/mol. The zero-order chi connectivity index (χ0) is 13.6. The summed E-state index contributed by atoms with van der Waals surface area (Å²) in [5, 5.41) is 0. The van der Waals surface area contributed by atoms with Crippen LogP contribution in [0.5, 0.6) is 5.88 Å². The zero-order valence-corrected chi connectivity index (χ0v) is 11.4. The molecule has 0 saturated carbocycles. The number of Topliss-reactive ketones (excluding diaryl/α,β-unsaturated/α-hetero) is 1. The maximum atomic E-state index is 12.6. The van der Waals surface area contributed by atoms with E-state index in [4.69, 9.17) is 9.47 Å². The number of hydrogen-bond donors (Lipinski definition) is 0. The fraction of sp³-hybridized carbons (Fsp3) is 0.615. The number of ketones is 1. The predicted octanol–water partition coefficient (Wildman–Crippen LogP) is 2.26. The van der Waals surface area contributed by atoms with Crippen LogP contribution in [0.15, 0.2) is 12.4 Å². The van der Waals surface area contributed by atoms with Crippen molar-refractivity contribution in [2.24, 2.45) is 0 Å². The lowest BCUT2D eigenvalue weighted by molar-refractivity contribution is -0.0256. The number of nitrogens with zero attached hydrogens (tertiary/aromatic N) is 2. The van der Waals surface area contributed by atoms with Crippen molar-refractivity contribution in [1.82, 2.24) is 9.97 Å². The van der Waals surface area contributed by atoms with Crippen LogP contribution >= 0.6 is 0 Å². The number of ether oxygens (including phenoxy) is 2. The van der Waals surface area contributed by atoms with Crippen LogP contribution < -0.4 is 4.74 Å². The van der Waals surface area contributed by atoms with Gasteiger partial charge in [-0.1, -0.05) is 13.8 Å². The third-order valence-corrected chi connectivity index (χ3v) is 3.05. The lowest BCUT2D eigenvalue weighted by Crippen LogP contribution is -2.41. The van der Waals surface area contributed by atoms with E-state index in [-0.39, 0.29) is 17.4 Å². The summed E-state index contributed by atoms with van der Waals surface area (Å²) in [6.07, 6.45) is 4.17. The molecule has 0 radical (unpaired) electrons. The molecule has 0 unspecified atom stereocenters. The first kappa shape index (κ1) is 14.6. The smallest absolute Gasteiger partial charge is 0.243 e. The SMILES string of the molecule is CCOC(CC)(CC)C(=O)c1nccnc1OC. The summed E-state index contributed by atoms with van der Waals surface area (Å²) in [5.74, 6) is 0.0766. The maximum absolute atomic E-state index is 12.6. The Balaban J connectivity index is 3.17. The first-order chi connectivity index (χ1) is 8.65. The molecule has 0 aliphatic rings. The summed E-state index contributed by atoms with van der Waals surface area (Å²) in [6.45, 7) is 6.22. The molecule has 0 aliphatic carbocycles. The van der Waals surface area contributed by atoms with Crippen LogP contribution in [-0.2, 0) is 4.74 Å². The molecular formula is C13H20N2O3. The average Bonchev–Trinajstić information content (AvgIpc) is 2.44. The van der Waals surface area contributed by atoms with Crippen molar-refractivity contribution in [3.8, 4) is 5.88 Å². The first-order valence-corrected chi connectivity index (χ1v) is 6.18. The van der Waals surface area contributed by atoms with Crippen molar-refractivity contribution in [2.75, 3.05) is 13.7 Å². The van der Waals surface area contributed by atoms with E-state index in [0.717, 1.165) is 0 Å². The average molecular weight is 252 g/mol. The Morgan fingerprint density at radius 3 is 2.33 bits per heavy atom. The Morgan fingerprint density at radius 2 is 1.83 bits per heavy atom. The highest BCUT2D eigenvalue weighted by Gasteiger charge is 2.38. The van der Waals surface area contributed by atoms with Gasteiger partial charge < -0.3 is 9.47 Å². The highest BCUT2D eigenvalue weighted by molar-refractivity contribution is 6.02. The molecule has 1 aromatic rings. The quantitative estimate of drug-likeness (QED) is 0.696. The minimum Gasteiger partial charge on any atom is -0.479 e. The van der Waals surface area contributed by atoms with E-state index in [9.17, 15) is 4.79 Å². The third kappa shape index (κ3) is 2.67. The molecule has 1 aromatic heterocycles. The standard InChI is InChI=1S/C13H20N2O3/c1-5-13(6-2,18-7-3)11(16)10-12(17-4)15-9-8-14-10/h8-9H,5-7H2,1-4H3. The Morgan fingerprint density at radius 1 is 1.22 bits per heavy atom. The molecule has 0 aromatic carbocycles. The molecule has 0 saturated heterocycles. The van der Waals surface area contributed by atoms with Gasteiger partial charge in [0, 0.05) is 19.0 Å². The van der Waals surface area contributed by atoms with E-state index < -0.39 is 5.60 Å². The summed E-state index contributed by atoms with van der Waals surface area (Å²) in [5.41, 5.74) is -0.602. The van der Waals surface area contributed by atoms with Gasteiger partial charge in [-0.25, -0.2) is 9.97 Å². The number of hydrogen-bond acceptors (Lipinski definition) is 5. The van der Waals surface area contributed by atoms with Crippen molar-refractivity contribution in [3.05, 3.63) is 18.1 Å². The van der Waals surface area contributed by atoms with Gasteiger partial charge in [0.15, 0.2) is 5.69 Å². The Kier molecular flexibility index (Phi) is 5.22. The van der Waals surface area contributed by atoms with Gasteiger partial charge in [-0.2, -0.15) is 0 Å². The molecule has 0 atom stereocenters. The predicted molar refractivity (Wildman–Crippen MR) is 67.9 cm³/mol. The van der Waals surface area contributed by atoms with E-state index in [0.29, 0.717) is 19.4 Å². The fourth-order valence-corrected chi connectivity index (χ4v) is 1.96. The van der Waals surface area contributed by atoms with Crippen LogP contribution in [-0.4, -0.2) is 35.1 Å². The monoisotopic (exact) mass is 252 g/mol. The van der Waals surface area contributed by atoms with E-state index in [1.165, 1.54) is 19.5 Å². The summed E-state index contributed by atoms with van der Waals surface area (Å²) in [4.78, 5) is 20.7. The van der Waals surface area contributed by atoms with Gasteiger partial charge in [0.1, 0.15) is 5.60 Å². The Hall–Kier alpha value is -1.49. The molecule has 5 heteroatoms. The van der Waals surface area contributed by atoms with E-state index in [1.807, 2.05) is 20.8 Å². The molecule has 1 rings (SSSR count). The minimum atomic E-state index is -0.835. The van der Waals surface area contributed by atoms with Crippen LogP contribution in [0.4, 0.5) is 0 Å². The number of rotatable bonds is 7. The molecule has 100 valence electrons. The van der Waals surface area contributed by atoms with E-state index in [2.05, 4.69) is 9.97 Å². The highest BCUT2D eigenvalue weighted by Crippen LogP contribution is 2.27. The molecule has 0 spiro atoms. The Bertz CT molecular complexity index is 403. The second-order valence-electron chi connectivity index (χ2n) is 3.88. The normalized spacial score (nSPS) is 11.3. The Labute approximate surface area is 108 Å². The number of aromatic nitrogens is 2. The summed E-state index contributed by atoms with van der Waals surface area (Å²) in [7, 11) is 1.47. The highest BCUT2D eigenvalue weighted by atomic mass is 16.5. The van der Waals surface area contributed by atoms with Gasteiger partial charge in [0.25, 0.3) is 0 Å². The van der Waals surface area contributed by atoms with Crippen molar-refractivity contribution >= 4 is 5.78 Å². The molecule has 0 aliphatic heterocycles. The number of carbonyl (C=O) groups excluding carboxylic acids is 1. The molecule has 1 heterocycles. The molecule has 0 fully saturated rings. The van der Waals surface area contributed by atoms with Crippen molar-refractivity contribution in [1.29, 1.82) is 0 Å². The number of carbonyl (C=O) groups is 1. The van der Waals surface area contributed by atoms with Gasteiger partial charge in [-0.05, 0) is 19.8 Å².